The lowest BCUT2D eigenvalue weighted by Crippen LogP contribution is -2.29. The second-order valence-corrected chi connectivity index (χ2v) is 7.95. The van der Waals surface area contributed by atoms with Crippen molar-refractivity contribution in [3.05, 3.63) is 29.8 Å². The number of aliphatic hydroxyl groups is 2. The Hall–Kier alpha value is -1.10. The lowest BCUT2D eigenvalue weighted by molar-refractivity contribution is -0.0487. The zero-order chi connectivity index (χ0) is 16.7. The van der Waals surface area contributed by atoms with Crippen LogP contribution in [0.15, 0.2) is 24.3 Å². The fourth-order valence-corrected chi connectivity index (χ4v) is 5.09. The lowest BCUT2D eigenvalue weighted by atomic mass is 9.92. The van der Waals surface area contributed by atoms with E-state index in [4.69, 9.17) is 9.47 Å². The van der Waals surface area contributed by atoms with Gasteiger partial charge < -0.3 is 19.7 Å². The zero-order valence-corrected chi connectivity index (χ0v) is 14.4. The molecule has 4 nitrogen and oxygen atoms in total. The molecular formula is C20H28O4. The molecule has 4 heteroatoms. The van der Waals surface area contributed by atoms with Gasteiger partial charge in [0, 0.05) is 5.56 Å². The van der Waals surface area contributed by atoms with Crippen LogP contribution in [0.5, 0.6) is 5.75 Å². The molecule has 0 radical (unpaired) electrons. The summed E-state index contributed by atoms with van der Waals surface area (Å²) in [5, 5.41) is 20.6. The molecule has 3 aliphatic rings. The third-order valence-corrected chi connectivity index (χ3v) is 6.37. The van der Waals surface area contributed by atoms with E-state index in [-0.39, 0.29) is 24.4 Å². The molecule has 0 amide bonds. The Morgan fingerprint density at radius 1 is 1.17 bits per heavy atom. The van der Waals surface area contributed by atoms with Gasteiger partial charge >= 0.3 is 0 Å². The molecule has 5 atom stereocenters. The summed E-state index contributed by atoms with van der Waals surface area (Å²) in [6, 6.07) is 7.74. The number of hydrogen-bond donors (Lipinski definition) is 2. The Bertz CT molecular complexity index is 569. The number of aliphatic hydroxyl groups excluding tert-OH is 1. The second kappa shape index (κ2) is 6.32. The fraction of sp³-hybridized carbons (Fsp3) is 0.700. The average molecular weight is 332 g/mol. The Balaban J connectivity index is 1.40. The Labute approximate surface area is 143 Å². The smallest absolute Gasteiger partial charge is 0.124 e. The molecule has 0 aromatic heterocycles. The van der Waals surface area contributed by atoms with E-state index in [9.17, 15) is 10.2 Å². The molecule has 4 rings (SSSR count). The first-order valence-corrected chi connectivity index (χ1v) is 9.24. The third-order valence-electron chi connectivity index (χ3n) is 6.37. The largest absolute Gasteiger partial charge is 0.496 e. The van der Waals surface area contributed by atoms with Crippen LogP contribution in [0.1, 0.15) is 50.2 Å². The fourth-order valence-electron chi connectivity index (χ4n) is 5.09. The van der Waals surface area contributed by atoms with Crippen LogP contribution in [-0.2, 0) is 4.74 Å². The highest BCUT2D eigenvalue weighted by Crippen LogP contribution is 2.57. The monoisotopic (exact) mass is 332 g/mol. The topological polar surface area (TPSA) is 58.9 Å². The summed E-state index contributed by atoms with van der Waals surface area (Å²) in [6.45, 7) is -0.0434. The van der Waals surface area contributed by atoms with E-state index >= 15 is 0 Å². The van der Waals surface area contributed by atoms with E-state index in [0.717, 1.165) is 37.0 Å². The number of fused-ring (bicyclic) bond motifs is 1. The molecule has 2 N–H and O–H groups in total. The second-order valence-electron chi connectivity index (χ2n) is 7.95. The summed E-state index contributed by atoms with van der Waals surface area (Å²) >= 11 is 0. The first-order chi connectivity index (χ1) is 11.6. The molecule has 0 aliphatic heterocycles. The number of rotatable bonds is 6. The Morgan fingerprint density at radius 3 is 2.42 bits per heavy atom. The van der Waals surface area contributed by atoms with Crippen LogP contribution in [0.3, 0.4) is 0 Å². The van der Waals surface area contributed by atoms with Gasteiger partial charge in [-0.25, -0.2) is 0 Å². The molecule has 3 aliphatic carbocycles. The van der Waals surface area contributed by atoms with Crippen LogP contribution < -0.4 is 4.74 Å². The quantitative estimate of drug-likeness (QED) is 0.840. The van der Waals surface area contributed by atoms with Gasteiger partial charge in [-0.15, -0.1) is 0 Å². The zero-order valence-electron chi connectivity index (χ0n) is 14.4. The Morgan fingerprint density at radius 2 is 1.83 bits per heavy atom. The predicted octanol–water partition coefficient (Wildman–Crippen LogP) is 3.07. The van der Waals surface area contributed by atoms with E-state index in [2.05, 4.69) is 0 Å². The third kappa shape index (κ3) is 2.96. The molecule has 3 saturated carbocycles. The van der Waals surface area contributed by atoms with Crippen molar-refractivity contribution < 1.29 is 19.7 Å². The maximum atomic E-state index is 10.8. The Kier molecular flexibility index (Phi) is 4.31. The minimum absolute atomic E-state index is 0.0434. The van der Waals surface area contributed by atoms with Crippen molar-refractivity contribution in [3.63, 3.8) is 0 Å². The van der Waals surface area contributed by atoms with E-state index in [1.54, 1.807) is 7.11 Å². The maximum absolute atomic E-state index is 10.8. The minimum Gasteiger partial charge on any atom is -0.496 e. The number of hydrogen-bond acceptors (Lipinski definition) is 4. The molecule has 24 heavy (non-hydrogen) atoms. The van der Waals surface area contributed by atoms with Crippen LogP contribution >= 0.6 is 0 Å². The first kappa shape index (κ1) is 16.4. The molecule has 1 aromatic rings. The molecular weight excluding hydrogens is 304 g/mol. The summed E-state index contributed by atoms with van der Waals surface area (Å²) in [5.41, 5.74) is 0.522. The number of benzene rings is 1. The van der Waals surface area contributed by atoms with Crippen molar-refractivity contribution in [2.45, 2.75) is 56.3 Å². The summed E-state index contributed by atoms with van der Waals surface area (Å²) in [5.74, 6) is 2.48. The van der Waals surface area contributed by atoms with Crippen LogP contribution in [0.4, 0.5) is 0 Å². The predicted molar refractivity (Wildman–Crippen MR) is 90.8 cm³/mol. The van der Waals surface area contributed by atoms with Gasteiger partial charge in [0.1, 0.15) is 11.9 Å². The molecule has 3 unspecified atom stereocenters. The van der Waals surface area contributed by atoms with E-state index < -0.39 is 0 Å². The van der Waals surface area contributed by atoms with E-state index in [1.807, 2.05) is 24.3 Å². The first-order valence-electron chi connectivity index (χ1n) is 9.24. The van der Waals surface area contributed by atoms with Gasteiger partial charge in [-0.05, 0) is 62.3 Å². The van der Waals surface area contributed by atoms with Crippen molar-refractivity contribution >= 4 is 0 Å². The number of para-hydroxylation sites is 1. The van der Waals surface area contributed by atoms with Gasteiger partial charge in [0.2, 0.25) is 0 Å². The molecule has 0 heterocycles. The molecule has 0 saturated heterocycles. The van der Waals surface area contributed by atoms with Crippen LogP contribution in [-0.4, -0.2) is 35.6 Å². The van der Waals surface area contributed by atoms with Crippen LogP contribution in [0.2, 0.25) is 0 Å². The van der Waals surface area contributed by atoms with Crippen LogP contribution in [0.25, 0.3) is 0 Å². The number of methoxy groups -OCH3 is 1. The standard InChI is InChI=1S/C20H28O4/c1-23-18-5-3-2-4-17(18)19(12-21)24-16-8-13-10-20(22,15-6-7-15)11-14(13)9-16/h2-5,13-16,19,21-22H,6-12H2,1H3/t13-,14+,16?,19?,20?. The summed E-state index contributed by atoms with van der Waals surface area (Å²) in [7, 11) is 1.64. The van der Waals surface area contributed by atoms with Gasteiger partial charge in [-0.1, -0.05) is 18.2 Å². The normalized spacial score (nSPS) is 36.5. The van der Waals surface area contributed by atoms with Crippen molar-refractivity contribution in [2.75, 3.05) is 13.7 Å². The van der Waals surface area contributed by atoms with Crippen molar-refractivity contribution in [1.29, 1.82) is 0 Å². The van der Waals surface area contributed by atoms with Gasteiger partial charge in [0.15, 0.2) is 0 Å². The summed E-state index contributed by atoms with van der Waals surface area (Å²) in [4.78, 5) is 0. The SMILES string of the molecule is COc1ccccc1C(CO)OC1C[C@@H]2CC(O)(C3CC3)C[C@@H]2C1. The summed E-state index contributed by atoms with van der Waals surface area (Å²) in [6.07, 6.45) is 6.14. The molecule has 132 valence electrons. The minimum atomic E-state index is -0.390. The number of ether oxygens (including phenoxy) is 2. The van der Waals surface area contributed by atoms with Crippen molar-refractivity contribution in [3.8, 4) is 5.75 Å². The molecule has 0 spiro atoms. The average Bonchev–Trinajstić information content (AvgIpc) is 3.32. The lowest BCUT2D eigenvalue weighted by Gasteiger charge is -2.26. The van der Waals surface area contributed by atoms with Gasteiger partial charge in [0.05, 0.1) is 25.4 Å². The molecule has 1 aromatic carbocycles. The maximum Gasteiger partial charge on any atom is 0.124 e. The van der Waals surface area contributed by atoms with Crippen LogP contribution in [0, 0.1) is 17.8 Å². The highest BCUT2D eigenvalue weighted by atomic mass is 16.5. The summed E-state index contributed by atoms with van der Waals surface area (Å²) < 4.78 is 11.7. The van der Waals surface area contributed by atoms with E-state index in [0.29, 0.717) is 17.8 Å². The van der Waals surface area contributed by atoms with Gasteiger partial charge in [0.25, 0.3) is 0 Å². The molecule has 3 fully saturated rings. The van der Waals surface area contributed by atoms with Crippen molar-refractivity contribution in [1.82, 2.24) is 0 Å². The van der Waals surface area contributed by atoms with Gasteiger partial charge in [-0.2, -0.15) is 0 Å². The van der Waals surface area contributed by atoms with Gasteiger partial charge in [-0.3, -0.25) is 0 Å². The molecule has 0 bridgehead atoms. The highest BCUT2D eigenvalue weighted by molar-refractivity contribution is 5.35. The van der Waals surface area contributed by atoms with Crippen molar-refractivity contribution in [2.24, 2.45) is 17.8 Å². The highest BCUT2D eigenvalue weighted by Gasteiger charge is 2.55. The van der Waals surface area contributed by atoms with E-state index in [1.165, 1.54) is 12.8 Å².